The fourth-order valence-electron chi connectivity index (χ4n) is 2.04. The molecular formula is C13H12BrN3S. The standard InChI is InChI=1S/C13H12BrN3S/c14-10-5-6-18-13(10)8-17-12-4-2-1-3-9(12)11(7-15)16-17/h1-6H,7-8,15H2. The second-order valence-electron chi connectivity index (χ2n) is 4.02. The maximum atomic E-state index is 5.75. The molecule has 0 aliphatic carbocycles. The highest BCUT2D eigenvalue weighted by molar-refractivity contribution is 9.10. The maximum absolute atomic E-state index is 5.75. The van der Waals surface area contributed by atoms with E-state index in [0.29, 0.717) is 6.54 Å². The molecule has 3 aromatic rings. The summed E-state index contributed by atoms with van der Waals surface area (Å²) in [4.78, 5) is 1.27. The van der Waals surface area contributed by atoms with Crippen LogP contribution in [-0.2, 0) is 13.1 Å². The molecule has 0 atom stereocenters. The van der Waals surface area contributed by atoms with Crippen molar-refractivity contribution >= 4 is 38.2 Å². The topological polar surface area (TPSA) is 43.8 Å². The van der Waals surface area contributed by atoms with Crippen LogP contribution in [0.3, 0.4) is 0 Å². The molecule has 2 heterocycles. The van der Waals surface area contributed by atoms with Crippen molar-refractivity contribution in [1.29, 1.82) is 0 Å². The second kappa shape index (κ2) is 4.84. The summed E-state index contributed by atoms with van der Waals surface area (Å²) in [6.07, 6.45) is 0. The lowest BCUT2D eigenvalue weighted by Gasteiger charge is -2.01. The van der Waals surface area contributed by atoms with Crippen molar-refractivity contribution in [2.24, 2.45) is 5.73 Å². The Kier molecular flexibility index (Phi) is 3.20. The van der Waals surface area contributed by atoms with Gasteiger partial charge in [-0.3, -0.25) is 4.68 Å². The molecule has 0 aliphatic rings. The van der Waals surface area contributed by atoms with Crippen LogP contribution in [0, 0.1) is 0 Å². The molecule has 92 valence electrons. The Balaban J connectivity index is 2.09. The molecule has 2 aromatic heterocycles. The first-order chi connectivity index (χ1) is 8.79. The highest BCUT2D eigenvalue weighted by atomic mass is 79.9. The molecule has 3 rings (SSSR count). The third-order valence-electron chi connectivity index (χ3n) is 2.91. The summed E-state index contributed by atoms with van der Waals surface area (Å²) in [6, 6.07) is 10.3. The largest absolute Gasteiger partial charge is 0.325 e. The van der Waals surface area contributed by atoms with Crippen molar-refractivity contribution < 1.29 is 0 Å². The monoisotopic (exact) mass is 321 g/mol. The van der Waals surface area contributed by atoms with E-state index >= 15 is 0 Å². The average Bonchev–Trinajstić information content (AvgIpc) is 2.95. The third-order valence-corrected chi connectivity index (χ3v) is 4.82. The first-order valence-electron chi connectivity index (χ1n) is 5.66. The molecule has 0 bridgehead atoms. The quantitative estimate of drug-likeness (QED) is 0.803. The molecule has 0 saturated carbocycles. The minimum Gasteiger partial charge on any atom is -0.325 e. The fraction of sp³-hybridized carbons (Fsp3) is 0.154. The molecule has 0 unspecified atom stereocenters. The molecule has 0 aliphatic heterocycles. The number of benzene rings is 1. The smallest absolute Gasteiger partial charge is 0.0839 e. The summed E-state index contributed by atoms with van der Waals surface area (Å²) in [5, 5.41) is 7.83. The Hall–Kier alpha value is -1.17. The van der Waals surface area contributed by atoms with Gasteiger partial charge in [0.1, 0.15) is 0 Å². The van der Waals surface area contributed by atoms with E-state index in [-0.39, 0.29) is 0 Å². The van der Waals surface area contributed by atoms with E-state index in [1.54, 1.807) is 11.3 Å². The summed E-state index contributed by atoms with van der Waals surface area (Å²) >= 11 is 5.29. The van der Waals surface area contributed by atoms with Gasteiger partial charge in [-0.1, -0.05) is 18.2 Å². The number of nitrogens with zero attached hydrogens (tertiary/aromatic N) is 2. The number of hydrogen-bond donors (Lipinski definition) is 1. The molecule has 3 nitrogen and oxygen atoms in total. The van der Waals surface area contributed by atoms with Crippen LogP contribution in [-0.4, -0.2) is 9.78 Å². The lowest BCUT2D eigenvalue weighted by Crippen LogP contribution is -2.03. The van der Waals surface area contributed by atoms with Crippen LogP contribution in [0.2, 0.25) is 0 Å². The van der Waals surface area contributed by atoms with Crippen molar-refractivity contribution in [2.75, 3.05) is 0 Å². The highest BCUT2D eigenvalue weighted by Crippen LogP contribution is 2.25. The van der Waals surface area contributed by atoms with Crippen LogP contribution >= 0.6 is 27.3 Å². The summed E-state index contributed by atoms with van der Waals surface area (Å²) in [6.45, 7) is 1.25. The average molecular weight is 322 g/mol. The Morgan fingerprint density at radius 2 is 2.11 bits per heavy atom. The number of hydrogen-bond acceptors (Lipinski definition) is 3. The van der Waals surface area contributed by atoms with Crippen LogP contribution in [0.5, 0.6) is 0 Å². The van der Waals surface area contributed by atoms with Crippen LogP contribution in [0.25, 0.3) is 10.9 Å². The van der Waals surface area contributed by atoms with Gasteiger partial charge in [0.15, 0.2) is 0 Å². The molecule has 1 aromatic carbocycles. The van der Waals surface area contributed by atoms with Crippen molar-refractivity contribution in [2.45, 2.75) is 13.1 Å². The van der Waals surface area contributed by atoms with Crippen LogP contribution < -0.4 is 5.73 Å². The second-order valence-corrected chi connectivity index (χ2v) is 5.87. The lowest BCUT2D eigenvalue weighted by atomic mass is 10.2. The van der Waals surface area contributed by atoms with E-state index in [2.05, 4.69) is 44.6 Å². The number of rotatable bonds is 3. The van der Waals surface area contributed by atoms with Gasteiger partial charge in [0.25, 0.3) is 0 Å². The van der Waals surface area contributed by atoms with Gasteiger partial charge in [-0.15, -0.1) is 11.3 Å². The molecule has 0 radical (unpaired) electrons. The minimum absolute atomic E-state index is 0.471. The zero-order chi connectivity index (χ0) is 12.5. The van der Waals surface area contributed by atoms with E-state index in [9.17, 15) is 0 Å². The zero-order valence-corrected chi connectivity index (χ0v) is 12.0. The van der Waals surface area contributed by atoms with E-state index in [4.69, 9.17) is 5.73 Å². The molecule has 18 heavy (non-hydrogen) atoms. The Labute approximate surface area is 117 Å². The molecular weight excluding hydrogens is 310 g/mol. The van der Waals surface area contributed by atoms with Gasteiger partial charge in [-0.25, -0.2) is 0 Å². The summed E-state index contributed by atoms with van der Waals surface area (Å²) in [7, 11) is 0. The Morgan fingerprint density at radius 1 is 1.28 bits per heavy atom. The van der Waals surface area contributed by atoms with Crippen molar-refractivity contribution in [3.63, 3.8) is 0 Å². The van der Waals surface area contributed by atoms with Gasteiger partial charge in [-0.2, -0.15) is 5.10 Å². The van der Waals surface area contributed by atoms with E-state index < -0.39 is 0 Å². The van der Waals surface area contributed by atoms with Crippen LogP contribution in [0.1, 0.15) is 10.6 Å². The van der Waals surface area contributed by atoms with Crippen LogP contribution in [0.4, 0.5) is 0 Å². The predicted octanol–water partition coefficient (Wildman–Crippen LogP) is 3.37. The summed E-state index contributed by atoms with van der Waals surface area (Å²) < 4.78 is 3.16. The summed E-state index contributed by atoms with van der Waals surface area (Å²) in [5.74, 6) is 0. The maximum Gasteiger partial charge on any atom is 0.0839 e. The van der Waals surface area contributed by atoms with Gasteiger partial charge in [0, 0.05) is 21.3 Å². The van der Waals surface area contributed by atoms with E-state index in [1.165, 1.54) is 4.88 Å². The molecule has 2 N–H and O–H groups in total. The van der Waals surface area contributed by atoms with Gasteiger partial charge < -0.3 is 5.73 Å². The number of halogens is 1. The van der Waals surface area contributed by atoms with Gasteiger partial charge in [0.05, 0.1) is 17.8 Å². The highest BCUT2D eigenvalue weighted by Gasteiger charge is 2.10. The number of para-hydroxylation sites is 1. The number of aromatic nitrogens is 2. The van der Waals surface area contributed by atoms with Gasteiger partial charge >= 0.3 is 0 Å². The van der Waals surface area contributed by atoms with Crippen molar-refractivity contribution in [3.8, 4) is 0 Å². The number of thiophene rings is 1. The Bertz CT molecular complexity index is 686. The fourth-order valence-corrected chi connectivity index (χ4v) is 3.50. The van der Waals surface area contributed by atoms with Crippen molar-refractivity contribution in [1.82, 2.24) is 9.78 Å². The van der Waals surface area contributed by atoms with Crippen molar-refractivity contribution in [3.05, 3.63) is 50.8 Å². The van der Waals surface area contributed by atoms with Crippen LogP contribution in [0.15, 0.2) is 40.2 Å². The zero-order valence-electron chi connectivity index (χ0n) is 9.64. The SMILES string of the molecule is NCc1nn(Cc2sccc2Br)c2ccccc12. The Morgan fingerprint density at radius 3 is 2.83 bits per heavy atom. The first-order valence-corrected chi connectivity index (χ1v) is 7.33. The molecule has 0 fully saturated rings. The normalized spacial score (nSPS) is 11.2. The predicted molar refractivity (Wildman–Crippen MR) is 78.7 cm³/mol. The first kappa shape index (κ1) is 11.9. The van der Waals surface area contributed by atoms with E-state index in [0.717, 1.165) is 27.6 Å². The molecule has 0 spiro atoms. The third kappa shape index (κ3) is 1.98. The number of fused-ring (bicyclic) bond motifs is 1. The van der Waals surface area contributed by atoms with Gasteiger partial charge in [-0.05, 0) is 33.4 Å². The lowest BCUT2D eigenvalue weighted by molar-refractivity contribution is 0.700. The summed E-state index contributed by atoms with van der Waals surface area (Å²) in [5.41, 5.74) is 7.84. The minimum atomic E-state index is 0.471. The molecule has 0 saturated heterocycles. The van der Waals surface area contributed by atoms with E-state index in [1.807, 2.05) is 16.8 Å². The molecule has 5 heteroatoms. The molecule has 0 amide bonds. The van der Waals surface area contributed by atoms with Gasteiger partial charge in [0.2, 0.25) is 0 Å². The number of nitrogens with two attached hydrogens (primary N) is 1.